The first-order valence-electron chi connectivity index (χ1n) is 4.16. The summed E-state index contributed by atoms with van der Waals surface area (Å²) in [6, 6.07) is 1.74. The minimum Gasteiger partial charge on any atom is -0.508 e. The predicted octanol–water partition coefficient (Wildman–Crippen LogP) is 2.85. The number of hydrogen-bond acceptors (Lipinski definition) is 2. The van der Waals surface area contributed by atoms with Crippen molar-refractivity contribution < 1.29 is 18.6 Å². The van der Waals surface area contributed by atoms with Crippen LogP contribution in [0, 0.1) is 11.6 Å². The van der Waals surface area contributed by atoms with Crippen LogP contribution in [0.15, 0.2) is 12.1 Å². The number of rotatable bonds is 1. The number of aromatic hydroxyl groups is 1. The van der Waals surface area contributed by atoms with E-state index >= 15 is 0 Å². The van der Waals surface area contributed by atoms with Gasteiger partial charge in [-0.25, -0.2) is 4.39 Å². The van der Waals surface area contributed by atoms with Crippen molar-refractivity contribution in [1.29, 1.82) is 0 Å². The van der Waals surface area contributed by atoms with E-state index in [1.807, 2.05) is 0 Å². The van der Waals surface area contributed by atoms with Crippen molar-refractivity contribution in [1.82, 2.24) is 0 Å². The first-order valence-corrected chi connectivity index (χ1v) is 4.16. The lowest BCUT2D eigenvalue weighted by Gasteiger charge is -2.21. The van der Waals surface area contributed by atoms with Crippen LogP contribution in [-0.2, 0) is 0 Å². The van der Waals surface area contributed by atoms with E-state index in [2.05, 4.69) is 0 Å². The smallest absolute Gasteiger partial charge is 0.200 e. The summed E-state index contributed by atoms with van der Waals surface area (Å²) >= 11 is 0. The van der Waals surface area contributed by atoms with Crippen molar-refractivity contribution in [2.45, 2.75) is 26.4 Å². The molecule has 0 aromatic heterocycles. The molecule has 0 radical (unpaired) electrons. The van der Waals surface area contributed by atoms with E-state index in [0.29, 0.717) is 6.07 Å². The van der Waals surface area contributed by atoms with Gasteiger partial charge in [0.25, 0.3) is 0 Å². The van der Waals surface area contributed by atoms with Gasteiger partial charge in [0.2, 0.25) is 5.82 Å². The van der Waals surface area contributed by atoms with Gasteiger partial charge in [0.15, 0.2) is 11.6 Å². The van der Waals surface area contributed by atoms with Crippen LogP contribution in [0.5, 0.6) is 11.5 Å². The molecule has 0 bridgehead atoms. The van der Waals surface area contributed by atoms with Crippen LogP contribution < -0.4 is 4.74 Å². The SMILES string of the molecule is CC(C)(C)Oc1cc(O)cc(F)c1F. The van der Waals surface area contributed by atoms with Crippen LogP contribution in [0.3, 0.4) is 0 Å². The highest BCUT2D eigenvalue weighted by Crippen LogP contribution is 2.28. The number of ether oxygens (including phenoxy) is 1. The maximum atomic E-state index is 13.1. The van der Waals surface area contributed by atoms with Crippen LogP contribution in [0.1, 0.15) is 20.8 Å². The Kier molecular flexibility index (Phi) is 2.64. The zero-order chi connectivity index (χ0) is 10.9. The Labute approximate surface area is 81.1 Å². The molecule has 0 saturated heterocycles. The molecule has 0 unspecified atom stereocenters. The van der Waals surface area contributed by atoms with Gasteiger partial charge in [-0.3, -0.25) is 0 Å². The van der Waals surface area contributed by atoms with Gasteiger partial charge in [-0.2, -0.15) is 4.39 Å². The first kappa shape index (κ1) is 10.8. The zero-order valence-electron chi connectivity index (χ0n) is 8.27. The normalized spacial score (nSPS) is 11.5. The molecule has 0 saturated carbocycles. The molecule has 0 heterocycles. The van der Waals surface area contributed by atoms with Crippen molar-refractivity contribution in [3.05, 3.63) is 23.8 Å². The van der Waals surface area contributed by atoms with Crippen LogP contribution in [-0.4, -0.2) is 10.7 Å². The molecule has 0 spiro atoms. The Morgan fingerprint density at radius 2 is 1.79 bits per heavy atom. The second-order valence-electron chi connectivity index (χ2n) is 3.95. The molecular formula is C10H12F2O2. The van der Waals surface area contributed by atoms with Gasteiger partial charge in [0.05, 0.1) is 0 Å². The van der Waals surface area contributed by atoms with E-state index in [1.54, 1.807) is 20.8 Å². The van der Waals surface area contributed by atoms with Gasteiger partial charge >= 0.3 is 0 Å². The summed E-state index contributed by atoms with van der Waals surface area (Å²) in [6.45, 7) is 5.11. The summed E-state index contributed by atoms with van der Waals surface area (Å²) in [5.41, 5.74) is -0.638. The third-order valence-corrected chi connectivity index (χ3v) is 1.40. The van der Waals surface area contributed by atoms with Gasteiger partial charge < -0.3 is 9.84 Å². The summed E-state index contributed by atoms with van der Waals surface area (Å²) in [5.74, 6) is -2.85. The summed E-state index contributed by atoms with van der Waals surface area (Å²) < 4.78 is 31.0. The molecule has 14 heavy (non-hydrogen) atoms. The second-order valence-corrected chi connectivity index (χ2v) is 3.95. The molecule has 0 aliphatic rings. The fraction of sp³-hybridized carbons (Fsp3) is 0.400. The van der Waals surface area contributed by atoms with Gasteiger partial charge in [-0.15, -0.1) is 0 Å². The highest BCUT2D eigenvalue weighted by atomic mass is 19.2. The van der Waals surface area contributed by atoms with Crippen molar-refractivity contribution in [3.8, 4) is 11.5 Å². The van der Waals surface area contributed by atoms with Crippen LogP contribution in [0.25, 0.3) is 0 Å². The summed E-state index contributed by atoms with van der Waals surface area (Å²) in [7, 11) is 0. The molecule has 2 nitrogen and oxygen atoms in total. The van der Waals surface area contributed by atoms with Crippen molar-refractivity contribution in [2.24, 2.45) is 0 Å². The standard InChI is InChI=1S/C10H12F2O2/c1-10(2,3)14-8-5-6(13)4-7(11)9(8)12/h4-5,13H,1-3H3. The van der Waals surface area contributed by atoms with E-state index in [9.17, 15) is 8.78 Å². The number of benzene rings is 1. The van der Waals surface area contributed by atoms with E-state index in [4.69, 9.17) is 9.84 Å². The number of phenols is 1. The topological polar surface area (TPSA) is 29.5 Å². The average molecular weight is 202 g/mol. The molecule has 4 heteroatoms. The molecule has 78 valence electrons. The van der Waals surface area contributed by atoms with Crippen LogP contribution >= 0.6 is 0 Å². The average Bonchev–Trinajstić information content (AvgIpc) is 1.96. The molecule has 0 fully saturated rings. The zero-order valence-corrected chi connectivity index (χ0v) is 8.27. The predicted molar refractivity (Wildman–Crippen MR) is 48.4 cm³/mol. The Hall–Kier alpha value is -1.32. The minimum absolute atomic E-state index is 0.282. The third kappa shape index (κ3) is 2.58. The van der Waals surface area contributed by atoms with E-state index < -0.39 is 17.2 Å². The lowest BCUT2D eigenvalue weighted by Crippen LogP contribution is -2.23. The summed E-state index contributed by atoms with van der Waals surface area (Å²) in [4.78, 5) is 0. The van der Waals surface area contributed by atoms with Gasteiger partial charge in [0, 0.05) is 12.1 Å². The molecule has 0 aliphatic heterocycles. The Bertz CT molecular complexity index is 343. The van der Waals surface area contributed by atoms with Gasteiger partial charge in [-0.05, 0) is 20.8 Å². The quantitative estimate of drug-likeness (QED) is 0.758. The van der Waals surface area contributed by atoms with Crippen molar-refractivity contribution in [2.75, 3.05) is 0 Å². The molecule has 0 aliphatic carbocycles. The highest BCUT2D eigenvalue weighted by Gasteiger charge is 2.18. The lowest BCUT2D eigenvalue weighted by molar-refractivity contribution is 0.122. The highest BCUT2D eigenvalue weighted by molar-refractivity contribution is 5.34. The molecule has 0 atom stereocenters. The third-order valence-electron chi connectivity index (χ3n) is 1.40. The number of halogens is 2. The molecule has 1 N–H and O–H groups in total. The number of phenolic OH excluding ortho intramolecular Hbond substituents is 1. The Balaban J connectivity index is 3.09. The second kappa shape index (κ2) is 3.44. The molecule has 1 aromatic carbocycles. The minimum atomic E-state index is -1.12. The molecular weight excluding hydrogens is 190 g/mol. The first-order chi connectivity index (χ1) is 6.29. The molecule has 1 rings (SSSR count). The van der Waals surface area contributed by atoms with Crippen molar-refractivity contribution >= 4 is 0 Å². The van der Waals surface area contributed by atoms with E-state index in [1.165, 1.54) is 0 Å². The summed E-state index contributed by atoms with van der Waals surface area (Å²) in [5, 5.41) is 9.03. The fourth-order valence-corrected chi connectivity index (χ4v) is 0.954. The van der Waals surface area contributed by atoms with Gasteiger partial charge in [-0.1, -0.05) is 0 Å². The maximum absolute atomic E-state index is 13.1. The monoisotopic (exact) mass is 202 g/mol. The fourth-order valence-electron chi connectivity index (χ4n) is 0.954. The largest absolute Gasteiger partial charge is 0.508 e. The van der Waals surface area contributed by atoms with Crippen LogP contribution in [0.2, 0.25) is 0 Å². The molecule has 1 aromatic rings. The lowest BCUT2D eigenvalue weighted by atomic mass is 10.2. The van der Waals surface area contributed by atoms with Crippen LogP contribution in [0.4, 0.5) is 8.78 Å². The Morgan fingerprint density at radius 3 is 2.29 bits per heavy atom. The number of hydrogen-bond donors (Lipinski definition) is 1. The van der Waals surface area contributed by atoms with Crippen molar-refractivity contribution in [3.63, 3.8) is 0 Å². The summed E-state index contributed by atoms with van der Waals surface area (Å²) in [6.07, 6.45) is 0. The Morgan fingerprint density at radius 1 is 1.21 bits per heavy atom. The van der Waals surface area contributed by atoms with Gasteiger partial charge in [0.1, 0.15) is 11.4 Å². The van der Waals surface area contributed by atoms with E-state index in [0.717, 1.165) is 6.07 Å². The maximum Gasteiger partial charge on any atom is 0.200 e. The molecule has 0 amide bonds. The van der Waals surface area contributed by atoms with E-state index in [-0.39, 0.29) is 11.5 Å².